The van der Waals surface area contributed by atoms with Gasteiger partial charge in [0.1, 0.15) is 5.82 Å². The molecule has 0 aliphatic heterocycles. The average Bonchev–Trinajstić information content (AvgIpc) is 2.47. The van der Waals surface area contributed by atoms with Crippen molar-refractivity contribution in [1.29, 1.82) is 0 Å². The summed E-state index contributed by atoms with van der Waals surface area (Å²) in [7, 11) is 1.44. The minimum atomic E-state index is -0.877. The second-order valence-corrected chi connectivity index (χ2v) is 3.97. The molecule has 110 valence electrons. The van der Waals surface area contributed by atoms with Crippen molar-refractivity contribution < 1.29 is 23.0 Å². The monoisotopic (exact) mass is 294 g/mol. The predicted octanol–water partition coefficient (Wildman–Crippen LogP) is 2.39. The summed E-state index contributed by atoms with van der Waals surface area (Å²) in [5.41, 5.74) is 0. The summed E-state index contributed by atoms with van der Waals surface area (Å²) in [4.78, 5) is 15.6. The zero-order chi connectivity index (χ0) is 15.2. The molecule has 0 unspecified atom stereocenters. The molecule has 2 aromatic rings. The number of hydrogen-bond donors (Lipinski definition) is 1. The fraction of sp³-hybridized carbons (Fsp3) is 0.143. The van der Waals surface area contributed by atoms with E-state index in [1.807, 2.05) is 0 Å². The van der Waals surface area contributed by atoms with E-state index in [1.165, 1.54) is 13.3 Å². The summed E-state index contributed by atoms with van der Waals surface area (Å²) < 4.78 is 36.0. The summed E-state index contributed by atoms with van der Waals surface area (Å²) >= 11 is 0. The molecule has 1 aromatic carbocycles. The number of anilines is 1. The van der Waals surface area contributed by atoms with E-state index in [2.05, 4.69) is 10.3 Å². The van der Waals surface area contributed by atoms with Crippen LogP contribution >= 0.6 is 0 Å². The highest BCUT2D eigenvalue weighted by Crippen LogP contribution is 2.20. The molecule has 1 heterocycles. The van der Waals surface area contributed by atoms with Crippen molar-refractivity contribution in [3.63, 3.8) is 0 Å². The molecule has 0 fully saturated rings. The maximum atomic E-state index is 13.3. The molecule has 2 rings (SSSR count). The molecular formula is C14H12F2N2O3. The van der Waals surface area contributed by atoms with E-state index >= 15 is 0 Å². The number of halogens is 2. The first-order valence-electron chi connectivity index (χ1n) is 5.97. The fourth-order valence-electron chi connectivity index (χ4n) is 1.55. The van der Waals surface area contributed by atoms with Crippen molar-refractivity contribution in [3.05, 3.63) is 48.2 Å². The van der Waals surface area contributed by atoms with Crippen LogP contribution in [0.1, 0.15) is 0 Å². The topological polar surface area (TPSA) is 60.5 Å². The molecule has 0 atom stereocenters. The molecule has 1 N–H and O–H groups in total. The van der Waals surface area contributed by atoms with Gasteiger partial charge in [0, 0.05) is 12.3 Å². The van der Waals surface area contributed by atoms with Crippen molar-refractivity contribution in [1.82, 2.24) is 4.98 Å². The highest BCUT2D eigenvalue weighted by Gasteiger charge is 2.11. The highest BCUT2D eigenvalue weighted by atomic mass is 19.1. The number of methoxy groups -OCH3 is 1. The smallest absolute Gasteiger partial charge is 0.263 e. The first-order valence-corrected chi connectivity index (χ1v) is 5.97. The van der Waals surface area contributed by atoms with Gasteiger partial charge in [0.15, 0.2) is 29.7 Å². The van der Waals surface area contributed by atoms with Gasteiger partial charge in [-0.1, -0.05) is 0 Å². The number of amides is 1. The second kappa shape index (κ2) is 6.65. The molecule has 0 aliphatic rings. The molecule has 0 aliphatic carbocycles. The first kappa shape index (κ1) is 14.7. The number of ether oxygens (including phenoxy) is 2. The summed E-state index contributed by atoms with van der Waals surface area (Å²) in [6.07, 6.45) is 1.48. The summed E-state index contributed by atoms with van der Waals surface area (Å²) in [6, 6.07) is 6.11. The van der Waals surface area contributed by atoms with Crippen molar-refractivity contribution in [3.8, 4) is 11.5 Å². The molecule has 0 spiro atoms. The van der Waals surface area contributed by atoms with Gasteiger partial charge in [-0.2, -0.15) is 0 Å². The SMILES string of the molecule is COc1cccnc1NC(=O)COc1ccc(F)cc1F. The van der Waals surface area contributed by atoms with Crippen LogP contribution < -0.4 is 14.8 Å². The van der Waals surface area contributed by atoms with Gasteiger partial charge in [0.25, 0.3) is 5.91 Å². The lowest BCUT2D eigenvalue weighted by molar-refractivity contribution is -0.118. The molecule has 0 bridgehead atoms. The Morgan fingerprint density at radius 2 is 2.10 bits per heavy atom. The van der Waals surface area contributed by atoms with Crippen LogP contribution in [0.4, 0.5) is 14.6 Å². The first-order chi connectivity index (χ1) is 10.1. The normalized spacial score (nSPS) is 10.0. The molecular weight excluding hydrogens is 282 g/mol. The third kappa shape index (κ3) is 3.88. The van der Waals surface area contributed by atoms with E-state index in [-0.39, 0.29) is 11.6 Å². The lowest BCUT2D eigenvalue weighted by Gasteiger charge is -2.10. The minimum Gasteiger partial charge on any atom is -0.493 e. The quantitative estimate of drug-likeness (QED) is 0.919. The van der Waals surface area contributed by atoms with Gasteiger partial charge < -0.3 is 14.8 Å². The number of nitrogens with zero attached hydrogens (tertiary/aromatic N) is 1. The van der Waals surface area contributed by atoms with Gasteiger partial charge in [0.05, 0.1) is 7.11 Å². The van der Waals surface area contributed by atoms with Crippen LogP contribution in [0.25, 0.3) is 0 Å². The van der Waals surface area contributed by atoms with Gasteiger partial charge >= 0.3 is 0 Å². The molecule has 1 aromatic heterocycles. The van der Waals surface area contributed by atoms with E-state index in [4.69, 9.17) is 9.47 Å². The Morgan fingerprint density at radius 1 is 1.29 bits per heavy atom. The Hall–Kier alpha value is -2.70. The molecule has 0 saturated heterocycles. The van der Waals surface area contributed by atoms with Crippen molar-refractivity contribution in [2.24, 2.45) is 0 Å². The number of pyridine rings is 1. The van der Waals surface area contributed by atoms with E-state index in [0.29, 0.717) is 11.8 Å². The van der Waals surface area contributed by atoms with Crippen molar-refractivity contribution >= 4 is 11.7 Å². The van der Waals surface area contributed by atoms with Gasteiger partial charge in [0.2, 0.25) is 0 Å². The minimum absolute atomic E-state index is 0.209. The molecule has 21 heavy (non-hydrogen) atoms. The van der Waals surface area contributed by atoms with Crippen LogP contribution in [0.15, 0.2) is 36.5 Å². The highest BCUT2D eigenvalue weighted by molar-refractivity contribution is 5.92. The number of rotatable bonds is 5. The van der Waals surface area contributed by atoms with Crippen LogP contribution in [0.3, 0.4) is 0 Å². The van der Waals surface area contributed by atoms with Crippen molar-refractivity contribution in [2.45, 2.75) is 0 Å². The number of carbonyl (C=O) groups is 1. The number of nitrogens with one attached hydrogen (secondary N) is 1. The Bertz CT molecular complexity index is 650. The Kier molecular flexibility index (Phi) is 4.65. The Morgan fingerprint density at radius 3 is 2.81 bits per heavy atom. The van der Waals surface area contributed by atoms with Gasteiger partial charge in [-0.3, -0.25) is 4.79 Å². The third-order valence-corrected chi connectivity index (χ3v) is 2.50. The van der Waals surface area contributed by atoms with Gasteiger partial charge in [-0.15, -0.1) is 0 Å². The summed E-state index contributed by atoms with van der Waals surface area (Å²) in [6.45, 7) is -0.442. The van der Waals surface area contributed by atoms with Crippen LogP contribution in [0.2, 0.25) is 0 Å². The average molecular weight is 294 g/mol. The van der Waals surface area contributed by atoms with E-state index in [0.717, 1.165) is 12.1 Å². The standard InChI is InChI=1S/C14H12F2N2O3/c1-20-12-3-2-6-17-14(12)18-13(19)8-21-11-5-4-9(15)7-10(11)16/h2-7H,8H2,1H3,(H,17,18,19). The van der Waals surface area contributed by atoms with Crippen molar-refractivity contribution in [2.75, 3.05) is 19.0 Å². The molecule has 7 heteroatoms. The number of carbonyl (C=O) groups excluding carboxylic acids is 1. The maximum absolute atomic E-state index is 13.3. The summed E-state index contributed by atoms with van der Waals surface area (Å²) in [5, 5.41) is 2.47. The van der Waals surface area contributed by atoms with E-state index in [9.17, 15) is 13.6 Å². The Balaban J connectivity index is 1.96. The van der Waals surface area contributed by atoms with E-state index in [1.54, 1.807) is 12.1 Å². The fourth-order valence-corrected chi connectivity index (χ4v) is 1.55. The zero-order valence-corrected chi connectivity index (χ0v) is 11.1. The number of aromatic nitrogens is 1. The Labute approximate surface area is 119 Å². The number of benzene rings is 1. The van der Waals surface area contributed by atoms with Crippen LogP contribution in [-0.4, -0.2) is 24.6 Å². The molecule has 0 radical (unpaired) electrons. The predicted molar refractivity (Wildman–Crippen MR) is 71.3 cm³/mol. The number of hydrogen-bond acceptors (Lipinski definition) is 4. The van der Waals surface area contributed by atoms with Crippen LogP contribution in [-0.2, 0) is 4.79 Å². The third-order valence-electron chi connectivity index (χ3n) is 2.50. The summed E-state index contributed by atoms with van der Waals surface area (Å²) in [5.74, 6) is -1.73. The lowest BCUT2D eigenvalue weighted by atomic mass is 10.3. The lowest BCUT2D eigenvalue weighted by Crippen LogP contribution is -2.21. The van der Waals surface area contributed by atoms with Crippen LogP contribution in [0, 0.1) is 11.6 Å². The zero-order valence-electron chi connectivity index (χ0n) is 11.1. The van der Waals surface area contributed by atoms with E-state index < -0.39 is 24.1 Å². The van der Waals surface area contributed by atoms with Gasteiger partial charge in [-0.05, 0) is 24.3 Å². The largest absolute Gasteiger partial charge is 0.493 e. The molecule has 0 saturated carbocycles. The van der Waals surface area contributed by atoms with Gasteiger partial charge in [-0.25, -0.2) is 13.8 Å². The molecule has 1 amide bonds. The van der Waals surface area contributed by atoms with Crippen LogP contribution in [0.5, 0.6) is 11.5 Å². The maximum Gasteiger partial charge on any atom is 0.263 e. The molecule has 5 nitrogen and oxygen atoms in total. The second-order valence-electron chi connectivity index (χ2n) is 3.97.